The Hall–Kier alpha value is -1.59. The summed E-state index contributed by atoms with van der Waals surface area (Å²) in [5.41, 5.74) is 0.761. The average Bonchev–Trinajstić information content (AvgIpc) is 3.19. The van der Waals surface area contributed by atoms with Gasteiger partial charge in [-0.25, -0.2) is 4.79 Å². The molecule has 2 unspecified atom stereocenters. The van der Waals surface area contributed by atoms with Crippen molar-refractivity contribution >= 4 is 6.03 Å². The Labute approximate surface area is 166 Å². The standard InChI is InChI=1S/C23H30N2O3/c26-22-24-13-20(28-14-15-4-2-1-3-5-15)8-19(24)12-25(22)21-17-6-16-7-18(21)11-23(27,9-16)10-17/h1-5,16-21,27H,6-14H2/t16?,17?,18?,19-,20+,21?,23?/m0/s1. The van der Waals surface area contributed by atoms with E-state index in [1.165, 1.54) is 18.4 Å². The third-order valence-electron chi connectivity index (χ3n) is 8.15. The Bertz CT molecular complexity index is 752. The lowest BCUT2D eigenvalue weighted by Gasteiger charge is -2.59. The first kappa shape index (κ1) is 17.3. The van der Waals surface area contributed by atoms with Gasteiger partial charge in [-0.1, -0.05) is 30.3 Å². The van der Waals surface area contributed by atoms with E-state index in [-0.39, 0.29) is 12.1 Å². The quantitative estimate of drug-likeness (QED) is 0.871. The summed E-state index contributed by atoms with van der Waals surface area (Å²) in [6.45, 7) is 2.20. The number of urea groups is 1. The van der Waals surface area contributed by atoms with Crippen molar-refractivity contribution in [3.63, 3.8) is 0 Å². The predicted molar refractivity (Wildman–Crippen MR) is 105 cm³/mol. The molecule has 7 rings (SSSR count). The molecule has 4 bridgehead atoms. The fourth-order valence-corrected chi connectivity index (χ4v) is 7.37. The van der Waals surface area contributed by atoms with E-state index in [1.54, 1.807) is 0 Å². The molecule has 2 heterocycles. The molecule has 2 aliphatic heterocycles. The second-order valence-electron chi connectivity index (χ2n) is 10.1. The van der Waals surface area contributed by atoms with Crippen molar-refractivity contribution in [1.29, 1.82) is 0 Å². The van der Waals surface area contributed by atoms with Crippen LogP contribution in [0, 0.1) is 17.8 Å². The number of hydrogen-bond donors (Lipinski definition) is 1. The van der Waals surface area contributed by atoms with E-state index in [2.05, 4.69) is 21.9 Å². The zero-order chi connectivity index (χ0) is 18.9. The van der Waals surface area contributed by atoms with Crippen LogP contribution in [0.3, 0.4) is 0 Å². The largest absolute Gasteiger partial charge is 0.390 e. The van der Waals surface area contributed by atoms with Gasteiger partial charge in [0.1, 0.15) is 0 Å². The van der Waals surface area contributed by atoms with Gasteiger partial charge in [0.15, 0.2) is 0 Å². The third-order valence-corrected chi connectivity index (χ3v) is 8.15. The van der Waals surface area contributed by atoms with Crippen molar-refractivity contribution in [1.82, 2.24) is 9.80 Å². The molecule has 1 aromatic rings. The number of nitrogens with zero attached hydrogens (tertiary/aromatic N) is 2. The number of hydrogen-bond acceptors (Lipinski definition) is 3. The molecule has 4 atom stereocenters. The smallest absolute Gasteiger partial charge is 0.320 e. The first-order valence-corrected chi connectivity index (χ1v) is 11.0. The number of ether oxygens (including phenoxy) is 1. The second-order valence-corrected chi connectivity index (χ2v) is 10.1. The minimum atomic E-state index is -0.428. The highest BCUT2D eigenvalue weighted by molar-refractivity contribution is 5.78. The molecule has 6 fully saturated rings. The molecule has 2 saturated heterocycles. The maximum Gasteiger partial charge on any atom is 0.320 e. The summed E-state index contributed by atoms with van der Waals surface area (Å²) < 4.78 is 6.12. The van der Waals surface area contributed by atoms with E-state index in [1.807, 2.05) is 18.2 Å². The number of fused-ring (bicyclic) bond motifs is 1. The first-order valence-electron chi connectivity index (χ1n) is 11.0. The van der Waals surface area contributed by atoms with Gasteiger partial charge in [0.2, 0.25) is 0 Å². The van der Waals surface area contributed by atoms with Crippen LogP contribution in [0.15, 0.2) is 30.3 Å². The zero-order valence-electron chi connectivity index (χ0n) is 16.4. The number of carbonyl (C=O) groups excluding carboxylic acids is 1. The van der Waals surface area contributed by atoms with Gasteiger partial charge >= 0.3 is 6.03 Å². The number of carbonyl (C=O) groups is 1. The Morgan fingerprint density at radius 3 is 2.43 bits per heavy atom. The van der Waals surface area contributed by atoms with E-state index >= 15 is 0 Å². The van der Waals surface area contributed by atoms with E-state index < -0.39 is 5.60 Å². The highest BCUT2D eigenvalue weighted by Crippen LogP contribution is 2.57. The molecule has 4 saturated carbocycles. The number of amides is 2. The maximum atomic E-state index is 13.2. The van der Waals surface area contributed by atoms with Gasteiger partial charge in [0, 0.05) is 19.1 Å². The molecule has 1 aromatic carbocycles. The zero-order valence-corrected chi connectivity index (χ0v) is 16.4. The summed E-state index contributed by atoms with van der Waals surface area (Å²) >= 11 is 0. The minimum absolute atomic E-state index is 0.149. The van der Waals surface area contributed by atoms with Crippen molar-refractivity contribution in [3.8, 4) is 0 Å². The van der Waals surface area contributed by atoms with Gasteiger partial charge in [-0.3, -0.25) is 0 Å². The van der Waals surface area contributed by atoms with Crippen LogP contribution < -0.4 is 0 Å². The lowest BCUT2D eigenvalue weighted by molar-refractivity contribution is -0.152. The normalized spacial score (nSPS) is 43.8. The summed E-state index contributed by atoms with van der Waals surface area (Å²) in [5.74, 6) is 1.70. The van der Waals surface area contributed by atoms with Gasteiger partial charge in [-0.15, -0.1) is 0 Å². The molecule has 5 heteroatoms. The first-order chi connectivity index (χ1) is 13.6. The number of aliphatic hydroxyl groups is 1. The van der Waals surface area contributed by atoms with Crippen LogP contribution in [-0.4, -0.2) is 57.8 Å². The second kappa shape index (κ2) is 6.20. The van der Waals surface area contributed by atoms with Crippen LogP contribution in [0.1, 0.15) is 44.1 Å². The Morgan fingerprint density at radius 1 is 1.00 bits per heavy atom. The molecule has 6 aliphatic rings. The van der Waals surface area contributed by atoms with Gasteiger partial charge < -0.3 is 19.6 Å². The van der Waals surface area contributed by atoms with Crippen molar-refractivity contribution < 1.29 is 14.6 Å². The highest BCUT2D eigenvalue weighted by atomic mass is 16.5. The summed E-state index contributed by atoms with van der Waals surface area (Å²) in [7, 11) is 0. The van der Waals surface area contributed by atoms with Crippen molar-refractivity contribution in [3.05, 3.63) is 35.9 Å². The van der Waals surface area contributed by atoms with E-state index in [4.69, 9.17) is 4.74 Å². The van der Waals surface area contributed by atoms with Crippen molar-refractivity contribution in [2.45, 2.75) is 68.9 Å². The Balaban J connectivity index is 1.11. The Kier molecular flexibility index (Phi) is 3.83. The lowest BCUT2D eigenvalue weighted by atomic mass is 9.52. The van der Waals surface area contributed by atoms with Crippen molar-refractivity contribution in [2.24, 2.45) is 17.8 Å². The van der Waals surface area contributed by atoms with E-state index in [0.29, 0.717) is 36.4 Å². The molecule has 28 heavy (non-hydrogen) atoms. The minimum Gasteiger partial charge on any atom is -0.390 e. The highest BCUT2D eigenvalue weighted by Gasteiger charge is 2.59. The fourth-order valence-electron chi connectivity index (χ4n) is 7.37. The molecule has 0 spiro atoms. The molecular weight excluding hydrogens is 352 g/mol. The molecular formula is C23H30N2O3. The monoisotopic (exact) mass is 382 g/mol. The SMILES string of the molecule is O=C1N(C2C3CC4CC2CC(O)(C4)C3)C[C@@H]2C[C@@H](OCc3ccccc3)CN12. The summed E-state index contributed by atoms with van der Waals surface area (Å²) in [6, 6.07) is 11.1. The van der Waals surface area contributed by atoms with Crippen LogP contribution in [0.25, 0.3) is 0 Å². The van der Waals surface area contributed by atoms with Crippen LogP contribution in [-0.2, 0) is 11.3 Å². The van der Waals surface area contributed by atoms with Crippen LogP contribution in [0.2, 0.25) is 0 Å². The molecule has 5 nitrogen and oxygen atoms in total. The number of rotatable bonds is 4. The van der Waals surface area contributed by atoms with E-state index in [9.17, 15) is 9.90 Å². The van der Waals surface area contributed by atoms with Crippen molar-refractivity contribution in [2.75, 3.05) is 13.1 Å². The predicted octanol–water partition coefficient (Wildman–Crippen LogP) is 3.02. The van der Waals surface area contributed by atoms with Gasteiger partial charge in [-0.05, 0) is 61.8 Å². The van der Waals surface area contributed by atoms with Crippen LogP contribution in [0.5, 0.6) is 0 Å². The molecule has 4 aliphatic carbocycles. The summed E-state index contributed by atoms with van der Waals surface area (Å²) in [4.78, 5) is 17.5. The Morgan fingerprint density at radius 2 is 1.75 bits per heavy atom. The molecule has 1 N–H and O–H groups in total. The topological polar surface area (TPSA) is 53.0 Å². The number of benzene rings is 1. The fraction of sp³-hybridized carbons (Fsp3) is 0.696. The van der Waals surface area contributed by atoms with Crippen LogP contribution >= 0.6 is 0 Å². The third kappa shape index (κ3) is 2.70. The molecule has 0 aromatic heterocycles. The lowest BCUT2D eigenvalue weighted by Crippen LogP contribution is -2.62. The van der Waals surface area contributed by atoms with E-state index in [0.717, 1.165) is 38.8 Å². The maximum absolute atomic E-state index is 13.2. The molecule has 0 radical (unpaired) electrons. The van der Waals surface area contributed by atoms with Gasteiger partial charge in [-0.2, -0.15) is 0 Å². The molecule has 150 valence electrons. The van der Waals surface area contributed by atoms with Gasteiger partial charge in [0.25, 0.3) is 0 Å². The molecule has 2 amide bonds. The average molecular weight is 383 g/mol. The summed E-state index contributed by atoms with van der Waals surface area (Å²) in [5, 5.41) is 10.8. The summed E-state index contributed by atoms with van der Waals surface area (Å²) in [6.07, 6.45) is 6.32. The van der Waals surface area contributed by atoms with Crippen LogP contribution in [0.4, 0.5) is 4.79 Å². The van der Waals surface area contributed by atoms with Gasteiger partial charge in [0.05, 0.1) is 24.4 Å².